The maximum atomic E-state index is 13.2. The Bertz CT molecular complexity index is 1090. The van der Waals surface area contributed by atoms with Crippen molar-refractivity contribution < 1.29 is 27.9 Å². The van der Waals surface area contributed by atoms with Crippen LogP contribution in [0.2, 0.25) is 0 Å². The van der Waals surface area contributed by atoms with E-state index in [0.29, 0.717) is 11.6 Å². The summed E-state index contributed by atoms with van der Waals surface area (Å²) in [5.74, 6) is -1.65. The van der Waals surface area contributed by atoms with E-state index in [1.54, 1.807) is 0 Å². The van der Waals surface area contributed by atoms with Gasteiger partial charge in [0, 0.05) is 11.3 Å². The summed E-state index contributed by atoms with van der Waals surface area (Å²) >= 11 is 0. The normalized spacial score (nSPS) is 12.1. The van der Waals surface area contributed by atoms with Gasteiger partial charge in [-0.3, -0.25) is 20.4 Å². The fourth-order valence-corrected chi connectivity index (χ4v) is 2.65. The lowest BCUT2D eigenvalue weighted by Crippen LogP contribution is -2.56. The zero-order valence-corrected chi connectivity index (χ0v) is 16.9. The lowest BCUT2D eigenvalue weighted by atomic mass is 9.97. The van der Waals surface area contributed by atoms with Gasteiger partial charge in [0.25, 0.3) is 11.8 Å². The second-order valence-electron chi connectivity index (χ2n) is 7.23. The highest BCUT2D eigenvalue weighted by molar-refractivity contribution is 5.96. The second kappa shape index (κ2) is 9.37. The summed E-state index contributed by atoms with van der Waals surface area (Å²) in [5, 5.41) is 30.5. The number of nitriles is 2. The number of benzene rings is 2. The fraction of sp³-hybridized carbons (Fsp3) is 0.238. The number of aliphatic hydroxyl groups is 1. The van der Waals surface area contributed by atoms with E-state index in [0.717, 1.165) is 12.1 Å². The third kappa shape index (κ3) is 5.97. The second-order valence-corrected chi connectivity index (χ2v) is 7.23. The molecule has 0 saturated heterocycles. The van der Waals surface area contributed by atoms with Gasteiger partial charge in [-0.1, -0.05) is 0 Å². The minimum Gasteiger partial charge on any atom is -0.388 e. The Morgan fingerprint density at radius 3 is 2.12 bits per heavy atom. The number of anilines is 1. The largest absolute Gasteiger partial charge is 0.417 e. The number of hydrazine groups is 1. The van der Waals surface area contributed by atoms with Crippen LogP contribution in [0.4, 0.5) is 18.9 Å². The van der Waals surface area contributed by atoms with Gasteiger partial charge in [-0.05, 0) is 56.3 Å². The van der Waals surface area contributed by atoms with Crippen molar-refractivity contribution >= 4 is 17.5 Å². The summed E-state index contributed by atoms with van der Waals surface area (Å²) in [7, 11) is 0. The zero-order valence-electron chi connectivity index (χ0n) is 16.9. The van der Waals surface area contributed by atoms with Gasteiger partial charge in [-0.25, -0.2) is 0 Å². The average molecular weight is 445 g/mol. The van der Waals surface area contributed by atoms with E-state index in [4.69, 9.17) is 10.5 Å². The van der Waals surface area contributed by atoms with E-state index in [2.05, 4.69) is 16.2 Å². The minimum absolute atomic E-state index is 0.138. The van der Waals surface area contributed by atoms with Crippen molar-refractivity contribution in [2.45, 2.75) is 31.7 Å². The molecule has 2 aromatic rings. The molecule has 0 aliphatic heterocycles. The molecule has 0 spiro atoms. The Hall–Kier alpha value is -4.09. The molecule has 0 radical (unpaired) electrons. The third-order valence-electron chi connectivity index (χ3n) is 4.30. The van der Waals surface area contributed by atoms with Gasteiger partial charge >= 0.3 is 6.18 Å². The Morgan fingerprint density at radius 1 is 1.00 bits per heavy atom. The first kappa shape index (κ1) is 24.2. The number of rotatable bonds is 5. The summed E-state index contributed by atoms with van der Waals surface area (Å²) in [6.45, 7) is 2.50. The van der Waals surface area contributed by atoms with E-state index in [9.17, 15) is 27.9 Å². The van der Waals surface area contributed by atoms with Crippen LogP contribution in [-0.2, 0) is 11.0 Å². The van der Waals surface area contributed by atoms with Gasteiger partial charge < -0.3 is 10.4 Å². The summed E-state index contributed by atoms with van der Waals surface area (Å²) in [6.07, 6.45) is -4.80. The number of carbonyl (C=O) groups excluding carboxylic acids is 2. The summed E-state index contributed by atoms with van der Waals surface area (Å²) in [5.41, 5.74) is 0.986. The SMILES string of the molecule is CC(C)(O)C(Nc1ccc(C#N)c(C(F)(F)F)c1)C(=O)NNC(=O)c1ccc(C#N)cc1. The monoisotopic (exact) mass is 445 g/mol. The van der Waals surface area contributed by atoms with Gasteiger partial charge in [-0.15, -0.1) is 0 Å². The first-order valence-electron chi connectivity index (χ1n) is 9.07. The van der Waals surface area contributed by atoms with Crippen LogP contribution in [-0.4, -0.2) is 28.6 Å². The lowest BCUT2D eigenvalue weighted by Gasteiger charge is -2.30. The first-order chi connectivity index (χ1) is 14.9. The molecule has 0 aliphatic carbocycles. The number of nitrogens with one attached hydrogen (secondary N) is 3. The molecule has 0 heterocycles. The summed E-state index contributed by atoms with van der Waals surface area (Å²) in [6, 6.07) is 10.2. The van der Waals surface area contributed by atoms with Gasteiger partial charge in [0.2, 0.25) is 0 Å². The van der Waals surface area contributed by atoms with Crippen molar-refractivity contribution in [3.8, 4) is 12.1 Å². The topological polar surface area (TPSA) is 138 Å². The summed E-state index contributed by atoms with van der Waals surface area (Å²) in [4.78, 5) is 24.7. The lowest BCUT2D eigenvalue weighted by molar-refractivity contribution is -0.137. The molecule has 1 atom stereocenters. The van der Waals surface area contributed by atoms with Crippen molar-refractivity contribution in [3.63, 3.8) is 0 Å². The third-order valence-corrected chi connectivity index (χ3v) is 4.30. The van der Waals surface area contributed by atoms with Crippen LogP contribution in [0.1, 0.15) is 40.9 Å². The number of alkyl halides is 3. The van der Waals surface area contributed by atoms with Crippen molar-refractivity contribution in [2.75, 3.05) is 5.32 Å². The molecule has 0 bridgehead atoms. The highest BCUT2D eigenvalue weighted by atomic mass is 19.4. The van der Waals surface area contributed by atoms with Crippen LogP contribution in [0.25, 0.3) is 0 Å². The van der Waals surface area contributed by atoms with Crippen LogP contribution in [0.15, 0.2) is 42.5 Å². The van der Waals surface area contributed by atoms with Crippen LogP contribution < -0.4 is 16.2 Å². The molecule has 0 aromatic heterocycles. The molecule has 32 heavy (non-hydrogen) atoms. The maximum absolute atomic E-state index is 13.2. The van der Waals surface area contributed by atoms with Crippen LogP contribution in [0.3, 0.4) is 0 Å². The molecule has 8 nitrogen and oxygen atoms in total. The van der Waals surface area contributed by atoms with Crippen molar-refractivity contribution in [1.29, 1.82) is 10.5 Å². The molecule has 2 rings (SSSR count). The Balaban J connectivity index is 2.18. The molecule has 0 saturated carbocycles. The van der Waals surface area contributed by atoms with Crippen molar-refractivity contribution in [2.24, 2.45) is 0 Å². The smallest absolute Gasteiger partial charge is 0.388 e. The molecule has 0 aliphatic rings. The van der Waals surface area contributed by atoms with Crippen LogP contribution >= 0.6 is 0 Å². The van der Waals surface area contributed by atoms with E-state index >= 15 is 0 Å². The minimum atomic E-state index is -4.80. The van der Waals surface area contributed by atoms with E-state index in [-0.39, 0.29) is 11.3 Å². The summed E-state index contributed by atoms with van der Waals surface area (Å²) < 4.78 is 39.6. The maximum Gasteiger partial charge on any atom is 0.417 e. The molecule has 2 aromatic carbocycles. The van der Waals surface area contributed by atoms with Crippen molar-refractivity contribution in [1.82, 2.24) is 10.9 Å². The predicted molar refractivity (Wildman–Crippen MR) is 107 cm³/mol. The Morgan fingerprint density at radius 2 is 1.62 bits per heavy atom. The number of carbonyl (C=O) groups is 2. The molecule has 1 unspecified atom stereocenters. The predicted octanol–water partition coefficient (Wildman–Crippen LogP) is 2.46. The van der Waals surface area contributed by atoms with E-state index < -0.39 is 40.8 Å². The fourth-order valence-electron chi connectivity index (χ4n) is 2.65. The van der Waals surface area contributed by atoms with Crippen molar-refractivity contribution in [3.05, 3.63) is 64.7 Å². The number of hydrogen-bond acceptors (Lipinski definition) is 6. The number of halogens is 3. The van der Waals surface area contributed by atoms with Gasteiger partial charge in [0.1, 0.15) is 6.04 Å². The molecule has 166 valence electrons. The molecule has 0 fully saturated rings. The Labute approximate surface area is 181 Å². The number of amides is 2. The van der Waals surface area contributed by atoms with Gasteiger partial charge in [-0.2, -0.15) is 23.7 Å². The molecular weight excluding hydrogens is 427 g/mol. The van der Waals surface area contributed by atoms with E-state index in [1.807, 2.05) is 6.07 Å². The average Bonchev–Trinajstić information content (AvgIpc) is 2.74. The molecule has 11 heteroatoms. The number of hydrogen-bond donors (Lipinski definition) is 4. The van der Waals surface area contributed by atoms with Crippen LogP contribution in [0.5, 0.6) is 0 Å². The highest BCUT2D eigenvalue weighted by Gasteiger charge is 2.36. The van der Waals surface area contributed by atoms with Crippen LogP contribution in [0, 0.1) is 22.7 Å². The molecule has 4 N–H and O–H groups in total. The van der Waals surface area contributed by atoms with Gasteiger partial charge in [0.05, 0.1) is 34.4 Å². The highest BCUT2D eigenvalue weighted by Crippen LogP contribution is 2.34. The standard InChI is InChI=1S/C21H18F3N5O3/c1-20(2,32)17(27-15-8-7-14(11-26)16(9-15)21(22,23)24)19(31)29-28-18(30)13-5-3-12(10-25)4-6-13/h3-9,17,27,32H,1-2H3,(H,28,30)(H,29,31). The quantitative estimate of drug-likeness (QED) is 0.522. The number of nitrogens with zero attached hydrogens (tertiary/aromatic N) is 2. The Kier molecular flexibility index (Phi) is 7.08. The zero-order chi connectivity index (χ0) is 24.1. The van der Waals surface area contributed by atoms with E-state index in [1.165, 1.54) is 44.2 Å². The van der Waals surface area contributed by atoms with Gasteiger partial charge in [0.15, 0.2) is 0 Å². The molecular formula is C21H18F3N5O3. The first-order valence-corrected chi connectivity index (χ1v) is 9.07. The molecule has 2 amide bonds.